The van der Waals surface area contributed by atoms with Gasteiger partial charge in [0.05, 0.1) is 4.90 Å². The molecule has 0 atom stereocenters. The third-order valence-corrected chi connectivity index (χ3v) is 4.20. The number of carboxylic acid groups (broad SMARTS) is 1. The Morgan fingerprint density at radius 2 is 1.91 bits per heavy atom. The number of aromatic nitrogens is 1. The van der Waals surface area contributed by atoms with E-state index in [1.807, 2.05) is 0 Å². The van der Waals surface area contributed by atoms with E-state index in [2.05, 4.69) is 9.71 Å². The first kappa shape index (κ1) is 15.7. The summed E-state index contributed by atoms with van der Waals surface area (Å²) in [5, 5.41) is 8.55. The van der Waals surface area contributed by atoms with Gasteiger partial charge in [0.25, 0.3) is 10.0 Å². The lowest BCUT2D eigenvalue weighted by atomic mass is 10.2. The molecule has 0 aliphatic carbocycles. The Morgan fingerprint density at radius 1 is 1.23 bits per heavy atom. The highest BCUT2D eigenvalue weighted by atomic mass is 32.2. The van der Waals surface area contributed by atoms with Crippen LogP contribution in [-0.4, -0.2) is 24.5 Å². The third-order valence-electron chi connectivity index (χ3n) is 2.85. The maximum atomic E-state index is 12.3. The molecule has 0 saturated heterocycles. The Bertz CT molecular complexity index is 812. The number of nitrogens with zero attached hydrogens (tertiary/aromatic N) is 1. The van der Waals surface area contributed by atoms with Crippen LogP contribution in [0.15, 0.2) is 53.6 Å². The second-order valence-electron chi connectivity index (χ2n) is 4.52. The molecular weight excluding hydrogens is 304 g/mol. The average Bonchev–Trinajstić information content (AvgIpc) is 2.48. The van der Waals surface area contributed by atoms with Crippen molar-refractivity contribution in [1.82, 2.24) is 4.98 Å². The summed E-state index contributed by atoms with van der Waals surface area (Å²) in [7, 11) is -3.74. The normalized spacial score (nSPS) is 11.5. The molecule has 22 heavy (non-hydrogen) atoms. The Balaban J connectivity index is 2.23. The molecule has 0 unspecified atom stereocenters. The minimum Gasteiger partial charge on any atom is -0.478 e. The predicted molar refractivity (Wildman–Crippen MR) is 82.9 cm³/mol. The average molecular weight is 318 g/mol. The lowest BCUT2D eigenvalue weighted by molar-refractivity contribution is -0.131. The second-order valence-corrected chi connectivity index (χ2v) is 6.20. The van der Waals surface area contributed by atoms with E-state index in [4.69, 9.17) is 5.11 Å². The van der Waals surface area contributed by atoms with Crippen LogP contribution < -0.4 is 4.72 Å². The largest absolute Gasteiger partial charge is 0.478 e. The van der Waals surface area contributed by atoms with Gasteiger partial charge < -0.3 is 5.11 Å². The van der Waals surface area contributed by atoms with Crippen molar-refractivity contribution in [3.8, 4) is 0 Å². The van der Waals surface area contributed by atoms with E-state index in [1.54, 1.807) is 19.1 Å². The number of rotatable bonds is 5. The Morgan fingerprint density at radius 3 is 2.50 bits per heavy atom. The van der Waals surface area contributed by atoms with E-state index in [-0.39, 0.29) is 10.7 Å². The number of sulfonamides is 1. The zero-order valence-electron chi connectivity index (χ0n) is 11.7. The Hall–Kier alpha value is -2.67. The third kappa shape index (κ3) is 3.92. The van der Waals surface area contributed by atoms with E-state index >= 15 is 0 Å². The summed E-state index contributed by atoms with van der Waals surface area (Å²) in [5.41, 5.74) is 1.31. The van der Waals surface area contributed by atoms with Crippen LogP contribution in [0.25, 0.3) is 6.08 Å². The van der Waals surface area contributed by atoms with Gasteiger partial charge in [0, 0.05) is 12.3 Å². The molecule has 7 heteroatoms. The van der Waals surface area contributed by atoms with Gasteiger partial charge in [-0.1, -0.05) is 18.2 Å². The van der Waals surface area contributed by atoms with Crippen molar-refractivity contribution in [2.45, 2.75) is 11.8 Å². The molecular formula is C15H14N2O4S. The minimum absolute atomic E-state index is 0.0741. The maximum Gasteiger partial charge on any atom is 0.328 e. The van der Waals surface area contributed by atoms with Gasteiger partial charge in [-0.25, -0.2) is 18.2 Å². The molecule has 0 spiro atoms. The number of pyridine rings is 1. The molecule has 1 aromatic heterocycles. The van der Waals surface area contributed by atoms with E-state index < -0.39 is 16.0 Å². The fourth-order valence-electron chi connectivity index (χ4n) is 1.70. The zero-order valence-corrected chi connectivity index (χ0v) is 12.5. The van der Waals surface area contributed by atoms with Gasteiger partial charge in [-0.2, -0.15) is 0 Å². The second kappa shape index (κ2) is 6.40. The van der Waals surface area contributed by atoms with Gasteiger partial charge in [-0.15, -0.1) is 0 Å². The number of aliphatic carboxylic acids is 1. The van der Waals surface area contributed by atoms with Gasteiger partial charge in [0.2, 0.25) is 0 Å². The molecule has 0 bridgehead atoms. The van der Waals surface area contributed by atoms with E-state index in [0.717, 1.165) is 6.08 Å². The SMILES string of the molecule is Cc1cccnc1NS(=O)(=O)c1ccc(/C=C/C(=O)O)cc1. The number of benzene rings is 1. The van der Waals surface area contributed by atoms with Crippen molar-refractivity contribution in [2.24, 2.45) is 0 Å². The highest BCUT2D eigenvalue weighted by molar-refractivity contribution is 7.92. The molecule has 6 nitrogen and oxygen atoms in total. The van der Waals surface area contributed by atoms with Crippen molar-refractivity contribution in [2.75, 3.05) is 4.72 Å². The quantitative estimate of drug-likeness (QED) is 0.825. The molecule has 0 aliphatic rings. The molecule has 0 fully saturated rings. The Kier molecular flexibility index (Phi) is 4.57. The monoisotopic (exact) mass is 318 g/mol. The van der Waals surface area contributed by atoms with Crippen LogP contribution in [0.5, 0.6) is 0 Å². The number of aryl methyl sites for hydroxylation is 1. The lowest BCUT2D eigenvalue weighted by Crippen LogP contribution is -2.14. The number of hydrogen-bond donors (Lipinski definition) is 2. The summed E-state index contributed by atoms with van der Waals surface area (Å²) >= 11 is 0. The lowest BCUT2D eigenvalue weighted by Gasteiger charge is -2.09. The van der Waals surface area contributed by atoms with E-state index in [9.17, 15) is 13.2 Å². The smallest absolute Gasteiger partial charge is 0.328 e. The van der Waals surface area contributed by atoms with Gasteiger partial charge in [-0.3, -0.25) is 4.72 Å². The van der Waals surface area contributed by atoms with Crippen molar-refractivity contribution in [1.29, 1.82) is 0 Å². The van der Waals surface area contributed by atoms with E-state index in [1.165, 1.54) is 36.5 Å². The van der Waals surface area contributed by atoms with Gasteiger partial charge in [0.15, 0.2) is 0 Å². The molecule has 0 radical (unpaired) electrons. The highest BCUT2D eigenvalue weighted by Crippen LogP contribution is 2.17. The van der Waals surface area contributed by atoms with Crippen LogP contribution >= 0.6 is 0 Å². The van der Waals surface area contributed by atoms with Crippen LogP contribution in [0.3, 0.4) is 0 Å². The fourth-order valence-corrected chi connectivity index (χ4v) is 2.78. The van der Waals surface area contributed by atoms with Crippen molar-refractivity contribution in [3.05, 3.63) is 59.8 Å². The molecule has 0 amide bonds. The number of anilines is 1. The van der Waals surface area contributed by atoms with Crippen LogP contribution in [0, 0.1) is 6.92 Å². The first-order chi connectivity index (χ1) is 10.4. The minimum atomic E-state index is -3.74. The molecule has 2 rings (SSSR count). The summed E-state index contributed by atoms with van der Waals surface area (Å²) in [6.07, 6.45) is 3.87. The molecule has 2 aromatic rings. The van der Waals surface area contributed by atoms with Crippen LogP contribution in [0.2, 0.25) is 0 Å². The highest BCUT2D eigenvalue weighted by Gasteiger charge is 2.15. The molecule has 2 N–H and O–H groups in total. The molecule has 1 heterocycles. The summed E-state index contributed by atoms with van der Waals surface area (Å²) < 4.78 is 27.0. The first-order valence-corrected chi connectivity index (χ1v) is 7.82. The van der Waals surface area contributed by atoms with E-state index in [0.29, 0.717) is 11.1 Å². The van der Waals surface area contributed by atoms with Crippen LogP contribution in [-0.2, 0) is 14.8 Å². The Labute approximate surface area is 128 Å². The molecule has 0 saturated carbocycles. The number of carbonyl (C=O) groups is 1. The number of carboxylic acids is 1. The topological polar surface area (TPSA) is 96.4 Å². The summed E-state index contributed by atoms with van der Waals surface area (Å²) in [6, 6.07) is 9.34. The van der Waals surface area contributed by atoms with Crippen molar-refractivity contribution >= 4 is 27.9 Å². The zero-order chi connectivity index (χ0) is 16.2. The molecule has 114 valence electrons. The number of nitrogens with one attached hydrogen (secondary N) is 1. The number of hydrogen-bond acceptors (Lipinski definition) is 4. The van der Waals surface area contributed by atoms with Crippen molar-refractivity contribution in [3.63, 3.8) is 0 Å². The molecule has 1 aromatic carbocycles. The fraction of sp³-hybridized carbons (Fsp3) is 0.0667. The van der Waals surface area contributed by atoms with Gasteiger partial charge in [-0.05, 0) is 42.3 Å². The standard InChI is InChI=1S/C15H14N2O4S/c1-11-3-2-10-16-15(11)17-22(20,21)13-7-4-12(5-8-13)6-9-14(18)19/h2-10H,1H3,(H,16,17)(H,18,19)/b9-6+. The van der Waals surface area contributed by atoms with Gasteiger partial charge >= 0.3 is 5.97 Å². The van der Waals surface area contributed by atoms with Crippen molar-refractivity contribution < 1.29 is 18.3 Å². The summed E-state index contributed by atoms with van der Waals surface area (Å²) in [6.45, 7) is 1.75. The van der Waals surface area contributed by atoms with Gasteiger partial charge in [0.1, 0.15) is 5.82 Å². The van der Waals surface area contributed by atoms with Crippen LogP contribution in [0.4, 0.5) is 5.82 Å². The maximum absolute atomic E-state index is 12.3. The summed E-state index contributed by atoms with van der Waals surface area (Å²) in [4.78, 5) is 14.5. The summed E-state index contributed by atoms with van der Waals surface area (Å²) in [5.74, 6) is -0.790. The first-order valence-electron chi connectivity index (χ1n) is 6.34. The molecule has 0 aliphatic heterocycles. The van der Waals surface area contributed by atoms with Crippen LogP contribution in [0.1, 0.15) is 11.1 Å². The predicted octanol–water partition coefficient (Wildman–Crippen LogP) is 2.29.